The molecule has 0 unspecified atom stereocenters. The second-order valence-corrected chi connectivity index (χ2v) is 21.1. The van der Waals surface area contributed by atoms with E-state index in [1.54, 1.807) is 0 Å². The van der Waals surface area contributed by atoms with Gasteiger partial charge in [-0.3, -0.25) is 0 Å². The number of hydrogen-bond donors (Lipinski definition) is 0. The molecule has 0 saturated heterocycles. The first-order chi connectivity index (χ1) is 27.2. The maximum atomic E-state index is 9.14. The van der Waals surface area contributed by atoms with Gasteiger partial charge in [0.25, 0.3) is 5.75 Å². The molecular weight excluding hydrogens is 721 g/mol. The molecule has 2 aliphatic rings. The van der Waals surface area contributed by atoms with Gasteiger partial charge < -0.3 is 19.6 Å². The predicted molar refractivity (Wildman–Crippen MR) is 259 cm³/mol. The quantitative estimate of drug-likeness (QED) is 0.168. The van der Waals surface area contributed by atoms with Crippen molar-refractivity contribution < 1.29 is 9.84 Å². The number of ether oxygens (including phenoxy) is 1. The van der Waals surface area contributed by atoms with Gasteiger partial charge in [0.1, 0.15) is 11.5 Å². The molecule has 2 N–H and O–H groups in total. The van der Waals surface area contributed by atoms with Gasteiger partial charge in [-0.05, 0) is 116 Å². The summed E-state index contributed by atoms with van der Waals surface area (Å²) in [5.74, 6) is 2.36. The topological polar surface area (TPSA) is 38.6 Å². The summed E-state index contributed by atoms with van der Waals surface area (Å²) >= 11 is 0. The highest BCUT2D eigenvalue weighted by Gasteiger charge is 2.28. The number of rotatable bonds is 8. The van der Waals surface area contributed by atoms with Gasteiger partial charge in [-0.25, -0.2) is 0 Å². The molecule has 0 bridgehead atoms. The van der Waals surface area contributed by atoms with Gasteiger partial charge in [-0.15, -0.1) is 0 Å². The lowest BCUT2D eigenvalue weighted by Gasteiger charge is -2.30. The zero-order valence-corrected chi connectivity index (χ0v) is 39.3. The fraction of sp³-hybridized carbons (Fsp3) is 0.418. The Morgan fingerprint density at radius 1 is 0.712 bits per heavy atom. The molecule has 0 saturated carbocycles. The predicted octanol–water partition coefficient (Wildman–Crippen LogP) is 14.4. The molecule has 59 heavy (non-hydrogen) atoms. The first-order valence-electron chi connectivity index (χ1n) is 21.4. The highest BCUT2D eigenvalue weighted by Crippen LogP contribution is 2.44. The monoisotopic (exact) mass is 794 g/mol. The Morgan fingerprint density at radius 2 is 1.31 bits per heavy atom. The number of anilines is 2. The molecule has 1 heterocycles. The molecule has 1 aliphatic heterocycles. The van der Waals surface area contributed by atoms with E-state index in [9.17, 15) is 0 Å². The van der Waals surface area contributed by atoms with Gasteiger partial charge >= 0.3 is 0 Å². The molecule has 314 valence electrons. The van der Waals surface area contributed by atoms with Crippen molar-refractivity contribution in [3.05, 3.63) is 148 Å². The van der Waals surface area contributed by atoms with E-state index in [1.165, 1.54) is 33.4 Å². The molecule has 0 amide bonds. The fourth-order valence-corrected chi connectivity index (χ4v) is 7.32. The summed E-state index contributed by atoms with van der Waals surface area (Å²) in [5.41, 5.74) is 14.9. The maximum absolute atomic E-state index is 9.14. The van der Waals surface area contributed by atoms with E-state index in [-0.39, 0.29) is 21.7 Å². The van der Waals surface area contributed by atoms with E-state index < -0.39 is 0 Å². The highest BCUT2D eigenvalue weighted by molar-refractivity contribution is 5.89. The van der Waals surface area contributed by atoms with Crippen molar-refractivity contribution >= 4 is 28.1 Å². The van der Waals surface area contributed by atoms with Gasteiger partial charge in [0.15, 0.2) is 0 Å². The van der Waals surface area contributed by atoms with Crippen molar-refractivity contribution in [1.82, 2.24) is 0 Å². The van der Waals surface area contributed by atoms with Crippen LogP contribution in [0.5, 0.6) is 11.5 Å². The molecule has 0 atom stereocenters. The van der Waals surface area contributed by atoms with Gasteiger partial charge in [0.2, 0.25) is 0 Å². The standard InChI is InChI=1S/C55H72N2O2/c1-36(52(2,3)4)29-39(46-27-25-44(56(14)15)34-48(46)58)23-21-37-19-18-20-38(51(37)41-30-42(53(5,6)7)33-43(31-41)54(8,9)10)22-24-40-32-50(55(11,12)13)59-49-35-45(57(16)17)26-28-47(40)49/h21-35,58H,1,18-20H2,2-17H3/p+1/b23-21+,38-22+,39-29-,40-24+. The van der Waals surface area contributed by atoms with Crippen molar-refractivity contribution in [1.29, 1.82) is 0 Å². The van der Waals surface area contributed by atoms with Crippen LogP contribution in [0, 0.1) is 10.8 Å². The number of nitrogens with zero attached hydrogens (tertiary/aromatic N) is 2. The second kappa shape index (κ2) is 17.0. The summed E-state index contributed by atoms with van der Waals surface area (Å²) in [7, 11) is 8.18. The zero-order valence-electron chi connectivity index (χ0n) is 39.3. The zero-order chi connectivity index (χ0) is 43.8. The van der Waals surface area contributed by atoms with E-state index >= 15 is 0 Å². The van der Waals surface area contributed by atoms with E-state index in [0.717, 1.165) is 70.0 Å². The van der Waals surface area contributed by atoms with Crippen molar-refractivity contribution in [3.63, 3.8) is 0 Å². The summed E-state index contributed by atoms with van der Waals surface area (Å²) < 4.78 is 6.60. The van der Waals surface area contributed by atoms with Crippen LogP contribution in [0.15, 0.2) is 120 Å². The molecule has 0 fully saturated rings. The molecule has 4 heteroatoms. The van der Waals surface area contributed by atoms with Crippen LogP contribution in [-0.4, -0.2) is 33.3 Å². The third-order valence-electron chi connectivity index (χ3n) is 11.6. The lowest BCUT2D eigenvalue weighted by atomic mass is 9.76. The van der Waals surface area contributed by atoms with Crippen LogP contribution in [0.3, 0.4) is 0 Å². The lowest BCUT2D eigenvalue weighted by Crippen LogP contribution is -2.18. The van der Waals surface area contributed by atoms with Gasteiger partial charge in [0, 0.05) is 56.6 Å². The van der Waals surface area contributed by atoms with Crippen LogP contribution < -0.4 is 14.5 Å². The normalized spacial score (nSPS) is 17.0. The smallest absolute Gasteiger partial charge is 0.263 e. The summed E-state index contributed by atoms with van der Waals surface area (Å²) in [5, 5.41) is 9.14. The highest BCUT2D eigenvalue weighted by atomic mass is 16.5. The molecule has 0 spiro atoms. The van der Waals surface area contributed by atoms with Crippen molar-refractivity contribution in [2.75, 3.05) is 38.0 Å². The Labute approximate surface area is 358 Å². The van der Waals surface area contributed by atoms with E-state index in [0.29, 0.717) is 5.75 Å². The van der Waals surface area contributed by atoms with Crippen LogP contribution in [0.1, 0.15) is 130 Å². The lowest BCUT2D eigenvalue weighted by molar-refractivity contribution is 0.291. The molecule has 5 rings (SSSR count). The molecule has 3 aromatic carbocycles. The number of allylic oxidation sites excluding steroid dienone is 13. The summed E-state index contributed by atoms with van der Waals surface area (Å²) in [6, 6.07) is 20.0. The molecule has 0 aromatic heterocycles. The van der Waals surface area contributed by atoms with E-state index in [1.807, 2.05) is 20.2 Å². The Kier molecular flexibility index (Phi) is 13.0. The number of benzene rings is 3. The molecule has 4 nitrogen and oxygen atoms in total. The molecule has 3 aromatic rings. The van der Waals surface area contributed by atoms with Gasteiger partial charge in [-0.1, -0.05) is 138 Å². The first-order valence-corrected chi connectivity index (χ1v) is 21.4. The first kappa shape index (κ1) is 45.1. The van der Waals surface area contributed by atoms with E-state index in [2.05, 4.69) is 199 Å². The second-order valence-electron chi connectivity index (χ2n) is 21.1. The van der Waals surface area contributed by atoms with Crippen molar-refractivity contribution in [2.24, 2.45) is 10.8 Å². The average molecular weight is 794 g/mol. The minimum Gasteiger partial charge on any atom is -0.593 e. The van der Waals surface area contributed by atoms with Crippen molar-refractivity contribution in [2.45, 2.75) is 113 Å². The number of hydrogen-bond acceptors (Lipinski definition) is 3. The largest absolute Gasteiger partial charge is 0.593 e. The minimum absolute atomic E-state index is 0.0229. The maximum Gasteiger partial charge on any atom is 0.263 e. The summed E-state index contributed by atoms with van der Waals surface area (Å²) in [6.45, 7) is 31.6. The van der Waals surface area contributed by atoms with Crippen LogP contribution >= 0.6 is 0 Å². The average Bonchev–Trinajstić information content (AvgIpc) is 3.13. The van der Waals surface area contributed by atoms with Crippen LogP contribution in [0.25, 0.3) is 16.7 Å². The third kappa shape index (κ3) is 10.8. The van der Waals surface area contributed by atoms with Gasteiger partial charge in [-0.2, -0.15) is 0 Å². The van der Waals surface area contributed by atoms with E-state index in [4.69, 9.17) is 9.84 Å². The van der Waals surface area contributed by atoms with Gasteiger partial charge in [0.05, 0.1) is 11.6 Å². The van der Waals surface area contributed by atoms with Crippen molar-refractivity contribution in [3.8, 4) is 11.5 Å². The minimum atomic E-state index is -0.155. The Hall–Kier alpha value is -4.96. The molecule has 1 aliphatic carbocycles. The fourth-order valence-electron chi connectivity index (χ4n) is 7.32. The van der Waals surface area contributed by atoms with Crippen LogP contribution in [0.4, 0.5) is 11.4 Å². The number of fused-ring (bicyclic) bond motifs is 1. The third-order valence-corrected chi connectivity index (χ3v) is 11.6. The molecular formula is C55H73N2O2+. The summed E-state index contributed by atoms with van der Waals surface area (Å²) in [4.78, 5) is 4.17. The summed E-state index contributed by atoms with van der Waals surface area (Å²) in [6.07, 6.45) is 16.7. The Bertz CT molecular complexity index is 2240. The SMILES string of the molecule is C=C(/C=C(/C=C/C1=C(c2cc(C(C)(C)C)cc(C(C)(C)C)c2)C(=C/C=C2\C=C(C(C)(C)C)Oc3cc(N(C)C)ccc32)/CCC1)c1ccc(N(C)C)cc1[OH2+])C(C)(C)C. The van der Waals surface area contributed by atoms with Crippen LogP contribution in [0.2, 0.25) is 0 Å². The Morgan fingerprint density at radius 3 is 1.85 bits per heavy atom. The Balaban J connectivity index is 1.80. The van der Waals surface area contributed by atoms with Crippen LogP contribution in [-0.2, 0) is 10.8 Å². The molecule has 0 radical (unpaired) electrons.